The van der Waals surface area contributed by atoms with E-state index in [1.54, 1.807) is 0 Å². The molecule has 16 heavy (non-hydrogen) atoms. The predicted molar refractivity (Wildman–Crippen MR) is 69.6 cm³/mol. The lowest BCUT2D eigenvalue weighted by Crippen LogP contribution is -2.33. The molecule has 0 bridgehead atoms. The normalized spacial score (nSPS) is 21.2. The fourth-order valence-corrected chi connectivity index (χ4v) is 2.66. The van der Waals surface area contributed by atoms with Crippen LogP contribution in [0.3, 0.4) is 0 Å². The van der Waals surface area contributed by atoms with Gasteiger partial charge in [-0.2, -0.15) is 0 Å². The molecule has 0 spiro atoms. The van der Waals surface area contributed by atoms with Crippen molar-refractivity contribution in [2.75, 3.05) is 6.54 Å². The molecule has 0 aromatic rings. The summed E-state index contributed by atoms with van der Waals surface area (Å²) in [7, 11) is 0. The van der Waals surface area contributed by atoms with Gasteiger partial charge in [0, 0.05) is 12.6 Å². The Bertz CT molecular complexity index is 166. The molecular formula is C14H29NO. The second-order valence-corrected chi connectivity index (χ2v) is 5.48. The van der Waals surface area contributed by atoms with Crippen molar-refractivity contribution in [1.29, 1.82) is 0 Å². The Kier molecular flexibility index (Phi) is 7.06. The molecule has 0 amide bonds. The van der Waals surface area contributed by atoms with Gasteiger partial charge in [0.25, 0.3) is 0 Å². The summed E-state index contributed by atoms with van der Waals surface area (Å²) in [5.41, 5.74) is 0. The first-order valence-electron chi connectivity index (χ1n) is 7.13. The van der Waals surface area contributed by atoms with Gasteiger partial charge in [-0.15, -0.1) is 0 Å². The Labute approximate surface area is 101 Å². The number of aliphatic hydroxyl groups excluding tert-OH is 1. The number of aliphatic hydroxyl groups is 1. The van der Waals surface area contributed by atoms with E-state index in [-0.39, 0.29) is 6.10 Å². The summed E-state index contributed by atoms with van der Waals surface area (Å²) < 4.78 is 0. The standard InChI is InChI=1S/C14H29NO/c1-3-6-14(16)11-15-12(2)9-10-13-7-4-5-8-13/h12-16H,3-11H2,1-2H3. The van der Waals surface area contributed by atoms with Crippen LogP contribution in [0.5, 0.6) is 0 Å². The average molecular weight is 227 g/mol. The van der Waals surface area contributed by atoms with Gasteiger partial charge in [0.15, 0.2) is 0 Å². The highest BCUT2D eigenvalue weighted by molar-refractivity contribution is 4.71. The van der Waals surface area contributed by atoms with Crippen molar-refractivity contribution in [2.24, 2.45) is 5.92 Å². The van der Waals surface area contributed by atoms with Gasteiger partial charge in [-0.05, 0) is 32.1 Å². The third-order valence-corrected chi connectivity index (χ3v) is 3.81. The molecule has 1 aliphatic rings. The summed E-state index contributed by atoms with van der Waals surface area (Å²) in [4.78, 5) is 0. The van der Waals surface area contributed by atoms with Gasteiger partial charge >= 0.3 is 0 Å². The van der Waals surface area contributed by atoms with Crippen LogP contribution in [0.15, 0.2) is 0 Å². The molecule has 0 saturated heterocycles. The minimum absolute atomic E-state index is 0.154. The van der Waals surface area contributed by atoms with Crippen molar-refractivity contribution < 1.29 is 5.11 Å². The minimum atomic E-state index is -0.154. The first-order chi connectivity index (χ1) is 7.72. The SMILES string of the molecule is CCCC(O)CNC(C)CCC1CCCC1. The lowest BCUT2D eigenvalue weighted by Gasteiger charge is -2.18. The molecule has 0 heterocycles. The Morgan fingerprint density at radius 1 is 1.25 bits per heavy atom. The second-order valence-electron chi connectivity index (χ2n) is 5.48. The van der Waals surface area contributed by atoms with E-state index in [1.807, 2.05) is 0 Å². The molecule has 2 nitrogen and oxygen atoms in total. The van der Waals surface area contributed by atoms with E-state index in [0.717, 1.165) is 25.3 Å². The van der Waals surface area contributed by atoms with Crippen molar-refractivity contribution in [3.8, 4) is 0 Å². The summed E-state index contributed by atoms with van der Waals surface area (Å²) in [5, 5.41) is 13.1. The molecule has 2 atom stereocenters. The molecule has 0 aromatic heterocycles. The van der Waals surface area contributed by atoms with Gasteiger partial charge < -0.3 is 10.4 Å². The van der Waals surface area contributed by atoms with Crippen LogP contribution in [0.2, 0.25) is 0 Å². The van der Waals surface area contributed by atoms with Crippen LogP contribution in [0.4, 0.5) is 0 Å². The minimum Gasteiger partial charge on any atom is -0.392 e. The van der Waals surface area contributed by atoms with Crippen LogP contribution >= 0.6 is 0 Å². The topological polar surface area (TPSA) is 32.3 Å². The van der Waals surface area contributed by atoms with Gasteiger partial charge in [-0.25, -0.2) is 0 Å². The second kappa shape index (κ2) is 8.08. The largest absolute Gasteiger partial charge is 0.392 e. The van der Waals surface area contributed by atoms with Crippen molar-refractivity contribution in [1.82, 2.24) is 5.32 Å². The lowest BCUT2D eigenvalue weighted by atomic mass is 9.99. The first-order valence-corrected chi connectivity index (χ1v) is 7.13. The van der Waals surface area contributed by atoms with Gasteiger partial charge in [-0.3, -0.25) is 0 Å². The number of nitrogens with one attached hydrogen (secondary N) is 1. The number of hydrogen-bond acceptors (Lipinski definition) is 2. The van der Waals surface area contributed by atoms with Crippen LogP contribution in [-0.4, -0.2) is 23.8 Å². The van der Waals surface area contributed by atoms with Gasteiger partial charge in [0.2, 0.25) is 0 Å². The number of rotatable bonds is 8. The fraction of sp³-hybridized carbons (Fsp3) is 1.00. The Balaban J connectivity index is 1.99. The summed E-state index contributed by atoms with van der Waals surface area (Å²) in [6.07, 6.45) is 10.3. The van der Waals surface area contributed by atoms with E-state index in [2.05, 4.69) is 19.2 Å². The summed E-state index contributed by atoms with van der Waals surface area (Å²) in [6, 6.07) is 0.562. The zero-order chi connectivity index (χ0) is 11.8. The third kappa shape index (κ3) is 5.86. The quantitative estimate of drug-likeness (QED) is 0.668. The Hall–Kier alpha value is -0.0800. The maximum atomic E-state index is 9.62. The van der Waals surface area contributed by atoms with Crippen LogP contribution in [0.25, 0.3) is 0 Å². The molecule has 1 rings (SSSR count). The molecule has 2 N–H and O–H groups in total. The third-order valence-electron chi connectivity index (χ3n) is 3.81. The van der Waals surface area contributed by atoms with Crippen LogP contribution < -0.4 is 5.32 Å². The molecule has 1 saturated carbocycles. The zero-order valence-electron chi connectivity index (χ0n) is 11.0. The molecule has 0 aliphatic heterocycles. The first kappa shape index (κ1) is 14.0. The van der Waals surface area contributed by atoms with Gasteiger partial charge in [0.1, 0.15) is 0 Å². The highest BCUT2D eigenvalue weighted by Gasteiger charge is 2.15. The molecule has 2 unspecified atom stereocenters. The van der Waals surface area contributed by atoms with Crippen LogP contribution in [-0.2, 0) is 0 Å². The van der Waals surface area contributed by atoms with Crippen molar-refractivity contribution in [2.45, 2.75) is 77.4 Å². The molecule has 1 aliphatic carbocycles. The van der Waals surface area contributed by atoms with E-state index in [9.17, 15) is 5.11 Å². The molecule has 0 radical (unpaired) electrons. The highest BCUT2D eigenvalue weighted by atomic mass is 16.3. The highest BCUT2D eigenvalue weighted by Crippen LogP contribution is 2.28. The predicted octanol–water partition coefficient (Wildman–Crippen LogP) is 3.10. The summed E-state index contributed by atoms with van der Waals surface area (Å²) in [5.74, 6) is 0.991. The van der Waals surface area contributed by atoms with E-state index in [4.69, 9.17) is 0 Å². The smallest absolute Gasteiger partial charge is 0.0664 e. The zero-order valence-corrected chi connectivity index (χ0v) is 11.0. The van der Waals surface area contributed by atoms with Crippen molar-refractivity contribution in [3.63, 3.8) is 0 Å². The maximum Gasteiger partial charge on any atom is 0.0664 e. The van der Waals surface area contributed by atoms with Crippen LogP contribution in [0.1, 0.15) is 65.2 Å². The summed E-state index contributed by atoms with van der Waals surface area (Å²) >= 11 is 0. The molecular weight excluding hydrogens is 198 g/mol. The monoisotopic (exact) mass is 227 g/mol. The Morgan fingerprint density at radius 2 is 1.94 bits per heavy atom. The van der Waals surface area contributed by atoms with E-state index in [1.165, 1.54) is 38.5 Å². The van der Waals surface area contributed by atoms with E-state index < -0.39 is 0 Å². The average Bonchev–Trinajstić information content (AvgIpc) is 2.77. The van der Waals surface area contributed by atoms with Gasteiger partial charge in [-0.1, -0.05) is 39.0 Å². The lowest BCUT2D eigenvalue weighted by molar-refractivity contribution is 0.156. The molecule has 96 valence electrons. The molecule has 1 fully saturated rings. The van der Waals surface area contributed by atoms with Crippen LogP contribution in [0, 0.1) is 5.92 Å². The van der Waals surface area contributed by atoms with Crippen molar-refractivity contribution >= 4 is 0 Å². The van der Waals surface area contributed by atoms with Crippen molar-refractivity contribution in [3.05, 3.63) is 0 Å². The van der Waals surface area contributed by atoms with Gasteiger partial charge in [0.05, 0.1) is 6.10 Å². The van der Waals surface area contributed by atoms with E-state index in [0.29, 0.717) is 6.04 Å². The summed E-state index contributed by atoms with van der Waals surface area (Å²) in [6.45, 7) is 5.13. The Morgan fingerprint density at radius 3 is 2.56 bits per heavy atom. The molecule has 2 heteroatoms. The molecule has 0 aromatic carbocycles. The fourth-order valence-electron chi connectivity index (χ4n) is 2.66. The number of hydrogen-bond donors (Lipinski definition) is 2. The van der Waals surface area contributed by atoms with E-state index >= 15 is 0 Å². The maximum absolute atomic E-state index is 9.62.